The van der Waals surface area contributed by atoms with Crippen LogP contribution in [0.25, 0.3) is 0 Å². The second-order valence-electron chi connectivity index (χ2n) is 4.52. The van der Waals surface area contributed by atoms with E-state index < -0.39 is 0 Å². The lowest BCUT2D eigenvalue weighted by atomic mass is 10.1. The van der Waals surface area contributed by atoms with Crippen molar-refractivity contribution >= 4 is 23.2 Å². The molecule has 0 spiro atoms. The topological polar surface area (TPSA) is 64.3 Å². The summed E-state index contributed by atoms with van der Waals surface area (Å²) in [6.07, 6.45) is 3.07. The molecule has 1 amide bonds. The van der Waals surface area contributed by atoms with Crippen LogP contribution >= 0.6 is 11.6 Å². The van der Waals surface area contributed by atoms with Gasteiger partial charge in [0.05, 0.1) is 17.7 Å². The first-order chi connectivity index (χ1) is 8.61. The summed E-state index contributed by atoms with van der Waals surface area (Å²) in [6, 6.07) is 4.95. The van der Waals surface area contributed by atoms with Crippen molar-refractivity contribution in [2.75, 3.05) is 12.8 Å². The van der Waals surface area contributed by atoms with Gasteiger partial charge in [-0.15, -0.1) is 0 Å². The molecular weight excluding hydrogens is 252 g/mol. The Morgan fingerprint density at radius 3 is 3.00 bits per heavy atom. The molecule has 0 aliphatic heterocycles. The maximum Gasteiger partial charge on any atom is 0.253 e. The van der Waals surface area contributed by atoms with Gasteiger partial charge in [-0.05, 0) is 37.5 Å². The number of hydrogen-bond acceptors (Lipinski definition) is 3. The zero-order valence-corrected chi connectivity index (χ0v) is 11.0. The van der Waals surface area contributed by atoms with Crippen LogP contribution in [0.1, 0.15) is 29.6 Å². The van der Waals surface area contributed by atoms with E-state index in [1.807, 2.05) is 0 Å². The average molecular weight is 269 g/mol. The lowest BCUT2D eigenvalue weighted by molar-refractivity contribution is 0.0722. The van der Waals surface area contributed by atoms with Gasteiger partial charge in [-0.25, -0.2) is 0 Å². The standard InChI is InChI=1S/C13H17ClN2O2/c1-18-12-4-2-3-11(12)16-13(17)9-7-8(14)5-6-10(9)15/h5-7,11-12H,2-4,15H2,1H3,(H,16,17). The zero-order chi connectivity index (χ0) is 13.1. The van der Waals surface area contributed by atoms with Gasteiger partial charge in [0.2, 0.25) is 0 Å². The molecule has 1 aliphatic rings. The molecule has 1 aliphatic carbocycles. The smallest absolute Gasteiger partial charge is 0.253 e. The highest BCUT2D eigenvalue weighted by atomic mass is 35.5. The summed E-state index contributed by atoms with van der Waals surface area (Å²) in [5.74, 6) is -0.191. The highest BCUT2D eigenvalue weighted by molar-refractivity contribution is 6.31. The molecule has 0 radical (unpaired) electrons. The Kier molecular flexibility index (Phi) is 4.09. The van der Waals surface area contributed by atoms with E-state index in [2.05, 4.69) is 5.32 Å². The first-order valence-corrected chi connectivity index (χ1v) is 6.38. The number of nitrogens with one attached hydrogen (secondary N) is 1. The van der Waals surface area contributed by atoms with Gasteiger partial charge in [0.1, 0.15) is 0 Å². The average Bonchev–Trinajstić information content (AvgIpc) is 2.79. The molecule has 0 aromatic heterocycles. The number of methoxy groups -OCH3 is 1. The number of carbonyl (C=O) groups is 1. The minimum Gasteiger partial charge on any atom is -0.398 e. The molecule has 1 aromatic carbocycles. The Balaban J connectivity index is 2.09. The molecular formula is C13H17ClN2O2. The van der Waals surface area contributed by atoms with Crippen LogP contribution in [0.4, 0.5) is 5.69 Å². The number of rotatable bonds is 3. The van der Waals surface area contributed by atoms with Crippen molar-refractivity contribution in [3.63, 3.8) is 0 Å². The highest BCUT2D eigenvalue weighted by Crippen LogP contribution is 2.23. The number of carbonyl (C=O) groups excluding carboxylic acids is 1. The van der Waals surface area contributed by atoms with E-state index in [0.29, 0.717) is 16.3 Å². The number of amides is 1. The summed E-state index contributed by atoms with van der Waals surface area (Å²) in [5.41, 5.74) is 6.64. The van der Waals surface area contributed by atoms with Crippen LogP contribution in [-0.2, 0) is 4.74 Å². The quantitative estimate of drug-likeness (QED) is 0.826. The number of nitrogens with two attached hydrogens (primary N) is 1. The largest absolute Gasteiger partial charge is 0.398 e. The molecule has 4 nitrogen and oxygen atoms in total. The van der Waals surface area contributed by atoms with E-state index in [9.17, 15) is 4.79 Å². The maximum absolute atomic E-state index is 12.1. The molecule has 2 atom stereocenters. The Bertz CT molecular complexity index is 451. The van der Waals surface area contributed by atoms with Crippen LogP contribution in [-0.4, -0.2) is 25.2 Å². The minimum absolute atomic E-state index is 0.0564. The third-order valence-corrected chi connectivity index (χ3v) is 3.57. The van der Waals surface area contributed by atoms with E-state index >= 15 is 0 Å². The molecule has 1 aromatic rings. The summed E-state index contributed by atoms with van der Waals surface area (Å²) in [7, 11) is 1.67. The number of halogens is 1. The monoisotopic (exact) mass is 268 g/mol. The van der Waals surface area contributed by atoms with Crippen LogP contribution in [0, 0.1) is 0 Å². The van der Waals surface area contributed by atoms with Gasteiger partial charge in [0.25, 0.3) is 5.91 Å². The van der Waals surface area contributed by atoms with E-state index in [-0.39, 0.29) is 18.1 Å². The Morgan fingerprint density at radius 2 is 2.28 bits per heavy atom. The van der Waals surface area contributed by atoms with Crippen LogP contribution in [0.2, 0.25) is 5.02 Å². The number of ether oxygens (including phenoxy) is 1. The van der Waals surface area contributed by atoms with Gasteiger partial charge in [-0.1, -0.05) is 11.6 Å². The van der Waals surface area contributed by atoms with Crippen molar-refractivity contribution in [1.29, 1.82) is 0 Å². The molecule has 0 bridgehead atoms. The van der Waals surface area contributed by atoms with Gasteiger partial charge in [-0.2, -0.15) is 0 Å². The van der Waals surface area contributed by atoms with Crippen LogP contribution < -0.4 is 11.1 Å². The molecule has 1 fully saturated rings. The Morgan fingerprint density at radius 1 is 1.50 bits per heavy atom. The number of nitrogen functional groups attached to an aromatic ring is 1. The predicted octanol–water partition coefficient (Wildman–Crippen LogP) is 2.22. The fourth-order valence-electron chi connectivity index (χ4n) is 2.34. The van der Waals surface area contributed by atoms with Crippen molar-refractivity contribution in [1.82, 2.24) is 5.32 Å². The van der Waals surface area contributed by atoms with Gasteiger partial charge in [0, 0.05) is 17.8 Å². The Labute approximate surface area is 111 Å². The van der Waals surface area contributed by atoms with Crippen molar-refractivity contribution in [2.24, 2.45) is 0 Å². The van der Waals surface area contributed by atoms with Crippen molar-refractivity contribution < 1.29 is 9.53 Å². The van der Waals surface area contributed by atoms with Crippen molar-refractivity contribution in [3.05, 3.63) is 28.8 Å². The molecule has 98 valence electrons. The number of benzene rings is 1. The summed E-state index contributed by atoms with van der Waals surface area (Å²) < 4.78 is 5.34. The van der Waals surface area contributed by atoms with Crippen LogP contribution in [0.5, 0.6) is 0 Å². The Hall–Kier alpha value is -1.26. The van der Waals surface area contributed by atoms with Crippen LogP contribution in [0.3, 0.4) is 0 Å². The molecule has 0 saturated heterocycles. The van der Waals surface area contributed by atoms with Gasteiger partial charge >= 0.3 is 0 Å². The summed E-state index contributed by atoms with van der Waals surface area (Å²) in [4.78, 5) is 12.1. The second kappa shape index (κ2) is 5.59. The summed E-state index contributed by atoms with van der Waals surface area (Å²) in [6.45, 7) is 0. The lowest BCUT2D eigenvalue weighted by Crippen LogP contribution is -2.40. The SMILES string of the molecule is COC1CCCC1NC(=O)c1cc(Cl)ccc1N. The molecule has 18 heavy (non-hydrogen) atoms. The van der Waals surface area contributed by atoms with Gasteiger partial charge in [-0.3, -0.25) is 4.79 Å². The van der Waals surface area contributed by atoms with E-state index in [1.165, 1.54) is 0 Å². The number of anilines is 1. The van der Waals surface area contributed by atoms with Crippen molar-refractivity contribution in [2.45, 2.75) is 31.4 Å². The second-order valence-corrected chi connectivity index (χ2v) is 4.95. The number of hydrogen-bond donors (Lipinski definition) is 2. The third-order valence-electron chi connectivity index (χ3n) is 3.33. The normalized spacial score (nSPS) is 23.0. The van der Waals surface area contributed by atoms with Gasteiger partial charge < -0.3 is 15.8 Å². The molecule has 3 N–H and O–H groups in total. The zero-order valence-electron chi connectivity index (χ0n) is 10.3. The lowest BCUT2D eigenvalue weighted by Gasteiger charge is -2.20. The van der Waals surface area contributed by atoms with Crippen molar-refractivity contribution in [3.8, 4) is 0 Å². The molecule has 2 rings (SSSR count). The molecule has 5 heteroatoms. The minimum atomic E-state index is -0.191. The summed E-state index contributed by atoms with van der Waals surface area (Å²) in [5, 5.41) is 3.47. The first kappa shape index (κ1) is 13.2. The highest BCUT2D eigenvalue weighted by Gasteiger charge is 2.29. The molecule has 0 heterocycles. The fraction of sp³-hybridized carbons (Fsp3) is 0.462. The molecule has 2 unspecified atom stereocenters. The molecule has 1 saturated carbocycles. The van der Waals surface area contributed by atoms with E-state index in [0.717, 1.165) is 19.3 Å². The van der Waals surface area contributed by atoms with Gasteiger partial charge in [0.15, 0.2) is 0 Å². The van der Waals surface area contributed by atoms with Crippen LogP contribution in [0.15, 0.2) is 18.2 Å². The van der Waals surface area contributed by atoms with E-state index in [1.54, 1.807) is 25.3 Å². The predicted molar refractivity (Wildman–Crippen MR) is 71.8 cm³/mol. The fourth-order valence-corrected chi connectivity index (χ4v) is 2.52. The van der Waals surface area contributed by atoms with E-state index in [4.69, 9.17) is 22.1 Å². The summed E-state index contributed by atoms with van der Waals surface area (Å²) >= 11 is 5.87. The maximum atomic E-state index is 12.1. The first-order valence-electron chi connectivity index (χ1n) is 6.00. The third kappa shape index (κ3) is 2.76.